The third-order valence-electron chi connectivity index (χ3n) is 10.9. The Kier molecular flexibility index (Phi) is 7.78. The van der Waals surface area contributed by atoms with E-state index in [1.165, 1.54) is 38.2 Å². The van der Waals surface area contributed by atoms with Crippen LogP contribution in [0.15, 0.2) is 205 Å². The van der Waals surface area contributed by atoms with Gasteiger partial charge < -0.3 is 4.42 Å². The average Bonchev–Trinajstić information content (AvgIpc) is 3.68. The Hall–Kier alpha value is -7.69. The van der Waals surface area contributed by atoms with Crippen molar-refractivity contribution < 1.29 is 4.42 Å². The number of fused-ring (bicyclic) bond motifs is 6. The molecule has 4 nitrogen and oxygen atoms in total. The molecule has 0 bridgehead atoms. The Bertz CT molecular complexity index is 3240. The summed E-state index contributed by atoms with van der Waals surface area (Å²) in [6.45, 7) is 0. The standard InChI is InChI=1S/C53H33N3O/c1-3-13-36(14-4-1)51-54-52(37-15-5-2-6-16-37)56-53(55-51)45-22-11-23-49-50(45)47-33-43(28-29-48(47)57-49)41-20-10-18-39(31-41)38-17-9-19-40(30-38)42-27-26-35-25-24-34-12-7-8-21-44(34)46(35)32-42/h1-33H. The zero-order chi connectivity index (χ0) is 37.7. The number of nitrogens with zero attached hydrogens (tertiary/aromatic N) is 3. The van der Waals surface area contributed by atoms with Crippen LogP contribution in [-0.2, 0) is 0 Å². The van der Waals surface area contributed by atoms with Crippen LogP contribution in [0.1, 0.15) is 0 Å². The number of benzene rings is 9. The molecular weight excluding hydrogens is 695 g/mol. The van der Waals surface area contributed by atoms with Crippen LogP contribution in [0, 0.1) is 0 Å². The summed E-state index contributed by atoms with van der Waals surface area (Å²) in [5.41, 5.74) is 11.3. The maximum Gasteiger partial charge on any atom is 0.164 e. The number of aromatic nitrogens is 3. The molecule has 0 saturated heterocycles. The summed E-state index contributed by atoms with van der Waals surface area (Å²) in [5, 5.41) is 7.04. The van der Waals surface area contributed by atoms with Crippen LogP contribution in [0.3, 0.4) is 0 Å². The van der Waals surface area contributed by atoms with Crippen molar-refractivity contribution in [1.82, 2.24) is 15.0 Å². The Morgan fingerprint density at radius 2 is 0.754 bits per heavy atom. The molecule has 2 aromatic heterocycles. The zero-order valence-corrected chi connectivity index (χ0v) is 30.8. The van der Waals surface area contributed by atoms with Gasteiger partial charge in [0.15, 0.2) is 17.5 Å². The second kappa shape index (κ2) is 13.6. The second-order valence-electron chi connectivity index (χ2n) is 14.4. The van der Waals surface area contributed by atoms with Crippen molar-refractivity contribution >= 4 is 43.5 Å². The smallest absolute Gasteiger partial charge is 0.164 e. The van der Waals surface area contributed by atoms with Gasteiger partial charge in [0.05, 0.1) is 0 Å². The van der Waals surface area contributed by atoms with Gasteiger partial charge in [0.25, 0.3) is 0 Å². The minimum atomic E-state index is 0.600. The fraction of sp³-hybridized carbons (Fsp3) is 0. The maximum atomic E-state index is 6.46. The van der Waals surface area contributed by atoms with Gasteiger partial charge in [0.1, 0.15) is 11.2 Å². The molecule has 57 heavy (non-hydrogen) atoms. The predicted molar refractivity (Wildman–Crippen MR) is 235 cm³/mol. The summed E-state index contributed by atoms with van der Waals surface area (Å²) in [6.07, 6.45) is 0. The molecule has 0 unspecified atom stereocenters. The third kappa shape index (κ3) is 5.92. The lowest BCUT2D eigenvalue weighted by atomic mass is 9.94. The Balaban J connectivity index is 0.998. The normalized spacial score (nSPS) is 11.5. The van der Waals surface area contributed by atoms with Gasteiger partial charge in [-0.3, -0.25) is 0 Å². The van der Waals surface area contributed by atoms with Crippen molar-refractivity contribution in [2.75, 3.05) is 0 Å². The molecule has 2 heterocycles. The van der Waals surface area contributed by atoms with Crippen molar-refractivity contribution in [3.63, 3.8) is 0 Å². The summed E-state index contributed by atoms with van der Waals surface area (Å²) >= 11 is 0. The quantitative estimate of drug-likeness (QED) is 0.160. The molecule has 0 radical (unpaired) electrons. The van der Waals surface area contributed by atoms with Crippen molar-refractivity contribution in [2.24, 2.45) is 0 Å². The summed E-state index contributed by atoms with van der Waals surface area (Å²) in [6, 6.07) is 70.1. The van der Waals surface area contributed by atoms with Gasteiger partial charge in [0, 0.05) is 27.5 Å². The molecule has 0 aliphatic rings. The molecule has 0 amide bonds. The molecule has 0 aliphatic carbocycles. The molecule has 9 aromatic carbocycles. The monoisotopic (exact) mass is 727 g/mol. The van der Waals surface area contributed by atoms with Crippen LogP contribution in [0.2, 0.25) is 0 Å². The van der Waals surface area contributed by atoms with E-state index in [-0.39, 0.29) is 0 Å². The van der Waals surface area contributed by atoms with Gasteiger partial charge in [-0.05, 0) is 91.3 Å². The first kappa shape index (κ1) is 32.7. The van der Waals surface area contributed by atoms with Gasteiger partial charge in [0.2, 0.25) is 0 Å². The topological polar surface area (TPSA) is 51.8 Å². The third-order valence-corrected chi connectivity index (χ3v) is 10.9. The van der Waals surface area contributed by atoms with E-state index in [0.29, 0.717) is 17.5 Å². The van der Waals surface area contributed by atoms with E-state index in [4.69, 9.17) is 19.4 Å². The van der Waals surface area contributed by atoms with E-state index in [1.54, 1.807) is 0 Å². The second-order valence-corrected chi connectivity index (χ2v) is 14.4. The molecule has 0 aliphatic heterocycles. The summed E-state index contributed by atoms with van der Waals surface area (Å²) in [4.78, 5) is 15.0. The molecule has 0 saturated carbocycles. The molecule has 0 spiro atoms. The van der Waals surface area contributed by atoms with Crippen LogP contribution in [0.4, 0.5) is 0 Å². The highest BCUT2D eigenvalue weighted by molar-refractivity contribution is 6.13. The largest absolute Gasteiger partial charge is 0.456 e. The highest BCUT2D eigenvalue weighted by Crippen LogP contribution is 2.39. The first-order chi connectivity index (χ1) is 28.2. The minimum Gasteiger partial charge on any atom is -0.456 e. The fourth-order valence-corrected chi connectivity index (χ4v) is 8.06. The molecule has 0 N–H and O–H groups in total. The van der Waals surface area contributed by atoms with E-state index >= 15 is 0 Å². The molecule has 266 valence electrons. The Morgan fingerprint density at radius 1 is 0.281 bits per heavy atom. The zero-order valence-electron chi connectivity index (χ0n) is 30.8. The minimum absolute atomic E-state index is 0.600. The molecule has 11 rings (SSSR count). The molecule has 0 atom stereocenters. The van der Waals surface area contributed by atoms with E-state index in [1.807, 2.05) is 72.8 Å². The summed E-state index contributed by atoms with van der Waals surface area (Å²) in [7, 11) is 0. The molecule has 11 aromatic rings. The highest BCUT2D eigenvalue weighted by Gasteiger charge is 2.18. The van der Waals surface area contributed by atoms with E-state index in [2.05, 4.69) is 127 Å². The fourth-order valence-electron chi connectivity index (χ4n) is 8.06. The lowest BCUT2D eigenvalue weighted by Gasteiger charge is -2.11. The summed E-state index contributed by atoms with van der Waals surface area (Å²) in [5.74, 6) is 1.85. The Morgan fingerprint density at radius 3 is 1.40 bits per heavy atom. The molecule has 4 heteroatoms. The lowest BCUT2D eigenvalue weighted by Crippen LogP contribution is -2.00. The first-order valence-electron chi connectivity index (χ1n) is 19.2. The molecular formula is C53H33N3O. The first-order valence-corrected chi connectivity index (χ1v) is 19.2. The van der Waals surface area contributed by atoms with Crippen LogP contribution in [0.5, 0.6) is 0 Å². The van der Waals surface area contributed by atoms with Gasteiger partial charge in [-0.25, -0.2) is 15.0 Å². The van der Waals surface area contributed by atoms with Crippen LogP contribution < -0.4 is 0 Å². The summed E-state index contributed by atoms with van der Waals surface area (Å²) < 4.78 is 6.46. The van der Waals surface area contributed by atoms with E-state index in [9.17, 15) is 0 Å². The molecule has 0 fully saturated rings. The van der Waals surface area contributed by atoms with E-state index < -0.39 is 0 Å². The number of hydrogen-bond donors (Lipinski definition) is 0. The number of rotatable bonds is 6. The van der Waals surface area contributed by atoms with Gasteiger partial charge in [-0.1, -0.05) is 164 Å². The van der Waals surface area contributed by atoms with E-state index in [0.717, 1.165) is 55.3 Å². The van der Waals surface area contributed by atoms with Gasteiger partial charge in [-0.2, -0.15) is 0 Å². The predicted octanol–water partition coefficient (Wildman–Crippen LogP) is 14.1. The number of furan rings is 1. The van der Waals surface area contributed by atoms with Crippen LogP contribution in [0.25, 0.3) is 111 Å². The SMILES string of the molecule is c1ccc(-c2nc(-c3ccccc3)nc(-c3cccc4oc5ccc(-c6cccc(-c7cccc(-c8ccc9ccc%10ccccc%10c9c8)c7)c6)cc5c34)n2)cc1. The van der Waals surface area contributed by atoms with Gasteiger partial charge >= 0.3 is 0 Å². The maximum absolute atomic E-state index is 6.46. The van der Waals surface area contributed by atoms with Gasteiger partial charge in [-0.15, -0.1) is 0 Å². The number of hydrogen-bond acceptors (Lipinski definition) is 4. The van der Waals surface area contributed by atoms with Crippen LogP contribution >= 0.6 is 0 Å². The van der Waals surface area contributed by atoms with Crippen molar-refractivity contribution in [3.8, 4) is 67.5 Å². The van der Waals surface area contributed by atoms with Crippen LogP contribution in [-0.4, -0.2) is 15.0 Å². The lowest BCUT2D eigenvalue weighted by molar-refractivity contribution is 0.669. The average molecular weight is 728 g/mol. The van der Waals surface area contributed by atoms with Crippen molar-refractivity contribution in [2.45, 2.75) is 0 Å². The highest BCUT2D eigenvalue weighted by atomic mass is 16.3. The van der Waals surface area contributed by atoms with Crippen molar-refractivity contribution in [1.29, 1.82) is 0 Å². The van der Waals surface area contributed by atoms with Crippen molar-refractivity contribution in [3.05, 3.63) is 200 Å². The Labute approximate surface area is 329 Å².